The minimum absolute atomic E-state index is 0.414. The first-order valence-corrected chi connectivity index (χ1v) is 9.82. The van der Waals surface area contributed by atoms with Crippen LogP contribution in [-0.2, 0) is 16.0 Å². The van der Waals surface area contributed by atoms with E-state index >= 15 is 0 Å². The van der Waals surface area contributed by atoms with Crippen LogP contribution < -0.4 is 0 Å². The molecule has 0 amide bonds. The van der Waals surface area contributed by atoms with Crippen molar-refractivity contribution < 1.29 is 9.53 Å². The Morgan fingerprint density at radius 2 is 2.09 bits per heavy atom. The van der Waals surface area contributed by atoms with Crippen molar-refractivity contribution >= 4 is 45.1 Å². The fourth-order valence-electron chi connectivity index (χ4n) is 3.70. The summed E-state index contributed by atoms with van der Waals surface area (Å²) in [6, 6.07) is 4.32. The van der Waals surface area contributed by atoms with Gasteiger partial charge in [-0.2, -0.15) is 11.8 Å². The van der Waals surface area contributed by atoms with Gasteiger partial charge in [-0.15, -0.1) is 0 Å². The molecule has 2 heterocycles. The highest BCUT2D eigenvalue weighted by Gasteiger charge is 2.27. The van der Waals surface area contributed by atoms with Crippen molar-refractivity contribution in [3.05, 3.63) is 33.9 Å². The van der Waals surface area contributed by atoms with E-state index in [0.717, 1.165) is 10.9 Å². The lowest BCUT2D eigenvalue weighted by Crippen LogP contribution is -2.19. The van der Waals surface area contributed by atoms with Crippen LogP contribution in [0.15, 0.2) is 22.8 Å². The maximum Gasteiger partial charge on any atom is 0.293 e. The Labute approximate surface area is 149 Å². The monoisotopic (exact) mass is 395 g/mol. The summed E-state index contributed by atoms with van der Waals surface area (Å²) >= 11 is 5.73. The van der Waals surface area contributed by atoms with Crippen molar-refractivity contribution in [1.29, 1.82) is 0 Å². The van der Waals surface area contributed by atoms with Crippen LogP contribution in [0.25, 0.3) is 10.9 Å². The minimum atomic E-state index is 0.414. The number of aromatic nitrogens is 1. The van der Waals surface area contributed by atoms with E-state index in [9.17, 15) is 4.79 Å². The first kappa shape index (κ1) is 16.9. The maximum atomic E-state index is 10.4. The van der Waals surface area contributed by atoms with Gasteiger partial charge in [0.15, 0.2) is 0 Å². The lowest BCUT2D eigenvalue weighted by atomic mass is 9.89. The minimum Gasteiger partial charge on any atom is -0.468 e. The number of fused-ring (bicyclic) bond motifs is 1. The van der Waals surface area contributed by atoms with Crippen LogP contribution in [-0.4, -0.2) is 28.6 Å². The average Bonchev–Trinajstić information content (AvgIpc) is 2.90. The first-order valence-electron chi connectivity index (χ1n) is 8.08. The molecule has 3 nitrogen and oxygen atoms in total. The second-order valence-electron chi connectivity index (χ2n) is 6.37. The summed E-state index contributed by atoms with van der Waals surface area (Å²) in [5.74, 6) is 0.614. The molecule has 0 saturated carbocycles. The number of carbonyl (C=O) groups excluding carboxylic acids is 1. The first-order chi connectivity index (χ1) is 11.1. The third-order valence-electron chi connectivity index (χ3n) is 4.56. The SMILES string of the molecule is CC1CC(c2c[nH]c3c(CCOC=O)cc(Br)cc23)CC(C)S1. The summed E-state index contributed by atoms with van der Waals surface area (Å²) < 4.78 is 5.95. The number of hydrogen-bond acceptors (Lipinski definition) is 3. The molecule has 1 N–H and O–H groups in total. The molecule has 1 aliphatic rings. The molecule has 1 aromatic heterocycles. The maximum absolute atomic E-state index is 10.4. The lowest BCUT2D eigenvalue weighted by Gasteiger charge is -2.31. The quantitative estimate of drug-likeness (QED) is 0.569. The van der Waals surface area contributed by atoms with Gasteiger partial charge in [0.1, 0.15) is 0 Å². The molecule has 2 aromatic rings. The number of H-pyrrole nitrogens is 1. The van der Waals surface area contributed by atoms with E-state index in [0.29, 0.717) is 29.5 Å². The van der Waals surface area contributed by atoms with E-state index in [1.165, 1.54) is 34.9 Å². The van der Waals surface area contributed by atoms with Crippen LogP contribution in [0, 0.1) is 0 Å². The van der Waals surface area contributed by atoms with Gasteiger partial charge in [-0.05, 0) is 42.0 Å². The number of thioether (sulfide) groups is 1. The molecule has 0 bridgehead atoms. The summed E-state index contributed by atoms with van der Waals surface area (Å²) in [4.78, 5) is 13.8. The molecule has 3 rings (SSSR count). The average molecular weight is 396 g/mol. The summed E-state index contributed by atoms with van der Waals surface area (Å²) in [5, 5.41) is 2.72. The number of ether oxygens (including phenoxy) is 1. The molecule has 1 aromatic carbocycles. The molecular weight excluding hydrogens is 374 g/mol. The molecule has 0 aliphatic carbocycles. The van der Waals surface area contributed by atoms with Gasteiger partial charge in [-0.1, -0.05) is 29.8 Å². The Morgan fingerprint density at radius 1 is 1.35 bits per heavy atom. The molecule has 2 unspecified atom stereocenters. The lowest BCUT2D eigenvalue weighted by molar-refractivity contribution is -0.128. The Bertz CT molecular complexity index is 690. The second-order valence-corrected chi connectivity index (χ2v) is 9.17. The van der Waals surface area contributed by atoms with Crippen LogP contribution >= 0.6 is 27.7 Å². The van der Waals surface area contributed by atoms with Crippen molar-refractivity contribution in [2.75, 3.05) is 6.61 Å². The fourth-order valence-corrected chi connectivity index (χ4v) is 5.69. The fraction of sp³-hybridized carbons (Fsp3) is 0.500. The third-order valence-corrected chi connectivity index (χ3v) is 6.33. The predicted octanol–water partition coefficient (Wildman–Crippen LogP) is 5.03. The third kappa shape index (κ3) is 3.77. The topological polar surface area (TPSA) is 42.1 Å². The predicted molar refractivity (Wildman–Crippen MR) is 100 cm³/mol. The highest BCUT2D eigenvalue weighted by molar-refractivity contribution is 9.10. The molecule has 0 radical (unpaired) electrons. The van der Waals surface area contributed by atoms with Gasteiger partial charge in [0.2, 0.25) is 0 Å². The second kappa shape index (κ2) is 7.31. The summed E-state index contributed by atoms with van der Waals surface area (Å²) in [7, 11) is 0. The Hall–Kier alpha value is -0.940. The van der Waals surface area contributed by atoms with Crippen LogP contribution in [0.3, 0.4) is 0 Å². The number of halogens is 1. The van der Waals surface area contributed by atoms with Gasteiger partial charge in [-0.25, -0.2) is 0 Å². The van der Waals surface area contributed by atoms with Crippen molar-refractivity contribution in [3.63, 3.8) is 0 Å². The van der Waals surface area contributed by atoms with E-state index in [2.05, 4.69) is 64.9 Å². The molecule has 1 fully saturated rings. The van der Waals surface area contributed by atoms with Gasteiger partial charge < -0.3 is 9.72 Å². The van der Waals surface area contributed by atoms with E-state index in [1.807, 2.05) is 0 Å². The van der Waals surface area contributed by atoms with Crippen molar-refractivity contribution in [2.24, 2.45) is 0 Å². The van der Waals surface area contributed by atoms with Crippen LogP contribution in [0.4, 0.5) is 0 Å². The smallest absolute Gasteiger partial charge is 0.293 e. The molecule has 2 atom stereocenters. The zero-order valence-corrected chi connectivity index (χ0v) is 15.9. The molecule has 0 spiro atoms. The van der Waals surface area contributed by atoms with E-state index < -0.39 is 0 Å². The summed E-state index contributed by atoms with van der Waals surface area (Å²) in [6.07, 6.45) is 5.37. The van der Waals surface area contributed by atoms with Crippen molar-refractivity contribution in [1.82, 2.24) is 4.98 Å². The number of nitrogens with one attached hydrogen (secondary N) is 1. The van der Waals surface area contributed by atoms with Crippen molar-refractivity contribution in [2.45, 2.75) is 49.5 Å². The zero-order chi connectivity index (χ0) is 16.4. The summed E-state index contributed by atoms with van der Waals surface area (Å²) in [6.45, 7) is 5.59. The van der Waals surface area contributed by atoms with E-state index in [1.54, 1.807) is 0 Å². The number of benzene rings is 1. The van der Waals surface area contributed by atoms with E-state index in [4.69, 9.17) is 4.74 Å². The van der Waals surface area contributed by atoms with Crippen molar-refractivity contribution in [3.8, 4) is 0 Å². The molecule has 23 heavy (non-hydrogen) atoms. The van der Waals surface area contributed by atoms with Gasteiger partial charge in [0, 0.05) is 38.5 Å². The van der Waals surface area contributed by atoms with Crippen LogP contribution in [0.5, 0.6) is 0 Å². The van der Waals surface area contributed by atoms with Gasteiger partial charge in [0.05, 0.1) is 6.61 Å². The highest BCUT2D eigenvalue weighted by Crippen LogP contribution is 2.43. The normalized spacial score (nSPS) is 24.7. The Balaban J connectivity index is 1.94. The molecule has 5 heteroatoms. The molecule has 124 valence electrons. The number of hydrogen-bond donors (Lipinski definition) is 1. The standard InChI is InChI=1S/C18H22BrNO2S/c1-11-5-14(6-12(2)23-11)17-9-20-18-13(3-4-22-10-21)7-15(19)8-16(17)18/h7-12,14,20H,3-6H2,1-2H3. The number of aromatic amines is 1. The molecule has 1 aliphatic heterocycles. The van der Waals surface area contributed by atoms with Gasteiger partial charge in [0.25, 0.3) is 6.47 Å². The number of rotatable bonds is 5. The van der Waals surface area contributed by atoms with Gasteiger partial charge in [-0.3, -0.25) is 4.79 Å². The highest BCUT2D eigenvalue weighted by atomic mass is 79.9. The Kier molecular flexibility index (Phi) is 5.37. The van der Waals surface area contributed by atoms with Gasteiger partial charge >= 0.3 is 0 Å². The van der Waals surface area contributed by atoms with Crippen LogP contribution in [0.1, 0.15) is 43.7 Å². The summed E-state index contributed by atoms with van der Waals surface area (Å²) in [5.41, 5.74) is 3.79. The number of carbonyl (C=O) groups is 1. The molecule has 1 saturated heterocycles. The molecular formula is C18H22BrNO2S. The zero-order valence-electron chi connectivity index (χ0n) is 13.5. The van der Waals surface area contributed by atoms with Crippen LogP contribution in [0.2, 0.25) is 0 Å². The largest absolute Gasteiger partial charge is 0.468 e. The van der Waals surface area contributed by atoms with E-state index in [-0.39, 0.29) is 0 Å². The Morgan fingerprint density at radius 3 is 2.78 bits per heavy atom.